The maximum absolute atomic E-state index is 11.6. The molecule has 0 aliphatic heterocycles. The molecular formula is C12H25NO2. The van der Waals surface area contributed by atoms with Gasteiger partial charge in [0.15, 0.2) is 0 Å². The van der Waals surface area contributed by atoms with Gasteiger partial charge in [-0.1, -0.05) is 20.8 Å². The summed E-state index contributed by atoms with van der Waals surface area (Å²) in [6.45, 7) is 13.4. The van der Waals surface area contributed by atoms with Crippen LogP contribution in [0.5, 0.6) is 0 Å². The van der Waals surface area contributed by atoms with Gasteiger partial charge in [0.25, 0.3) is 0 Å². The first-order valence-electron chi connectivity index (χ1n) is 5.87. The van der Waals surface area contributed by atoms with Gasteiger partial charge in [-0.05, 0) is 33.4 Å². The van der Waals surface area contributed by atoms with Crippen LogP contribution in [-0.4, -0.2) is 37.1 Å². The maximum Gasteiger partial charge on any atom is 0.311 e. The van der Waals surface area contributed by atoms with Gasteiger partial charge in [-0.3, -0.25) is 4.79 Å². The fourth-order valence-electron chi connectivity index (χ4n) is 1.15. The number of carbonyl (C=O) groups is 1. The number of carbonyl (C=O) groups excluding carboxylic acids is 1. The second kappa shape index (κ2) is 6.83. The van der Waals surface area contributed by atoms with Crippen molar-refractivity contribution >= 4 is 5.97 Å². The highest BCUT2D eigenvalue weighted by Crippen LogP contribution is 2.21. The molecule has 0 rings (SSSR count). The third kappa shape index (κ3) is 5.17. The van der Waals surface area contributed by atoms with Gasteiger partial charge in [-0.2, -0.15) is 0 Å². The zero-order chi connectivity index (χ0) is 11.9. The predicted octanol–water partition coefficient (Wildman–Crippen LogP) is 2.31. The Morgan fingerprint density at radius 3 is 2.13 bits per heavy atom. The van der Waals surface area contributed by atoms with Crippen LogP contribution in [0.2, 0.25) is 0 Å². The molecule has 0 aliphatic carbocycles. The van der Waals surface area contributed by atoms with E-state index in [0.29, 0.717) is 6.61 Å². The molecule has 0 aliphatic rings. The lowest BCUT2D eigenvalue weighted by Crippen LogP contribution is -2.31. The molecule has 0 saturated carbocycles. The summed E-state index contributed by atoms with van der Waals surface area (Å²) in [4.78, 5) is 13.9. The van der Waals surface area contributed by atoms with E-state index < -0.39 is 0 Å². The molecule has 0 aromatic carbocycles. The molecule has 0 unspecified atom stereocenters. The van der Waals surface area contributed by atoms with Crippen molar-refractivity contribution in [2.45, 2.75) is 41.0 Å². The summed E-state index contributed by atoms with van der Waals surface area (Å²) in [5.74, 6) is -0.0860. The van der Waals surface area contributed by atoms with Gasteiger partial charge < -0.3 is 9.64 Å². The molecule has 0 heterocycles. The fourth-order valence-corrected chi connectivity index (χ4v) is 1.15. The highest BCUT2D eigenvalue weighted by molar-refractivity contribution is 5.75. The second-order valence-corrected chi connectivity index (χ2v) is 4.40. The van der Waals surface area contributed by atoms with Crippen LogP contribution >= 0.6 is 0 Å². The molecule has 0 aromatic heterocycles. The molecule has 0 spiro atoms. The highest BCUT2D eigenvalue weighted by atomic mass is 16.5. The average Bonchev–Trinajstić information content (AvgIpc) is 2.24. The molecule has 0 atom stereocenters. The minimum atomic E-state index is -0.344. The van der Waals surface area contributed by atoms with Crippen LogP contribution in [-0.2, 0) is 9.53 Å². The number of esters is 1. The number of hydrogen-bond donors (Lipinski definition) is 0. The van der Waals surface area contributed by atoms with Crippen LogP contribution in [0.25, 0.3) is 0 Å². The Bertz CT molecular complexity index is 186. The van der Waals surface area contributed by atoms with Crippen LogP contribution in [0.1, 0.15) is 41.0 Å². The molecule has 0 fully saturated rings. The van der Waals surface area contributed by atoms with E-state index in [2.05, 4.69) is 18.7 Å². The number of rotatable bonds is 7. The van der Waals surface area contributed by atoms with Crippen LogP contribution in [0.4, 0.5) is 0 Å². The molecule has 90 valence electrons. The minimum absolute atomic E-state index is 0.0860. The third-order valence-electron chi connectivity index (χ3n) is 2.97. The third-order valence-corrected chi connectivity index (χ3v) is 2.97. The van der Waals surface area contributed by atoms with Crippen LogP contribution < -0.4 is 0 Å². The lowest BCUT2D eigenvalue weighted by atomic mass is 9.91. The largest absolute Gasteiger partial charge is 0.464 e. The zero-order valence-corrected chi connectivity index (χ0v) is 10.8. The van der Waals surface area contributed by atoms with E-state index in [9.17, 15) is 4.79 Å². The van der Waals surface area contributed by atoms with E-state index in [1.807, 2.05) is 20.8 Å². The Morgan fingerprint density at radius 1 is 1.20 bits per heavy atom. The van der Waals surface area contributed by atoms with E-state index in [0.717, 1.165) is 26.1 Å². The number of nitrogens with zero attached hydrogens (tertiary/aromatic N) is 1. The summed E-state index contributed by atoms with van der Waals surface area (Å²) in [6.07, 6.45) is 0.817. The van der Waals surface area contributed by atoms with Crippen molar-refractivity contribution in [2.24, 2.45) is 5.41 Å². The van der Waals surface area contributed by atoms with Gasteiger partial charge in [0.1, 0.15) is 6.61 Å². The van der Waals surface area contributed by atoms with Crippen LogP contribution in [0.15, 0.2) is 0 Å². The van der Waals surface area contributed by atoms with Crippen LogP contribution in [0.3, 0.4) is 0 Å². The standard InChI is InChI=1S/C12H25NO2/c1-6-12(4,5)11(14)15-10-9-13(7-2)8-3/h6-10H2,1-5H3. The summed E-state index contributed by atoms with van der Waals surface area (Å²) in [5, 5.41) is 0. The van der Waals surface area contributed by atoms with E-state index >= 15 is 0 Å². The van der Waals surface area contributed by atoms with Gasteiger partial charge in [0.05, 0.1) is 5.41 Å². The Hall–Kier alpha value is -0.570. The van der Waals surface area contributed by atoms with E-state index in [-0.39, 0.29) is 11.4 Å². The second-order valence-electron chi connectivity index (χ2n) is 4.40. The minimum Gasteiger partial charge on any atom is -0.464 e. The lowest BCUT2D eigenvalue weighted by molar-refractivity contribution is -0.154. The quantitative estimate of drug-likeness (QED) is 0.610. The maximum atomic E-state index is 11.6. The average molecular weight is 215 g/mol. The van der Waals surface area contributed by atoms with Gasteiger partial charge in [-0.25, -0.2) is 0 Å². The Morgan fingerprint density at radius 2 is 1.73 bits per heavy atom. The topological polar surface area (TPSA) is 29.5 Å². The van der Waals surface area contributed by atoms with Crippen molar-refractivity contribution < 1.29 is 9.53 Å². The van der Waals surface area contributed by atoms with Gasteiger partial charge in [0.2, 0.25) is 0 Å². The normalized spacial score (nSPS) is 11.9. The summed E-state index contributed by atoms with van der Waals surface area (Å²) in [6, 6.07) is 0. The SMILES string of the molecule is CCN(CC)CCOC(=O)C(C)(C)CC. The molecule has 0 radical (unpaired) electrons. The first-order valence-corrected chi connectivity index (χ1v) is 5.87. The van der Waals surface area contributed by atoms with Gasteiger partial charge >= 0.3 is 5.97 Å². The molecule has 15 heavy (non-hydrogen) atoms. The molecule has 0 bridgehead atoms. The monoisotopic (exact) mass is 215 g/mol. The first kappa shape index (κ1) is 14.4. The van der Waals surface area contributed by atoms with E-state index in [1.165, 1.54) is 0 Å². The van der Waals surface area contributed by atoms with E-state index in [1.54, 1.807) is 0 Å². The Balaban J connectivity index is 3.82. The molecule has 0 aromatic rings. The molecule has 0 saturated heterocycles. The first-order chi connectivity index (χ1) is 6.97. The van der Waals surface area contributed by atoms with Crippen molar-refractivity contribution in [1.82, 2.24) is 4.90 Å². The molecule has 0 amide bonds. The van der Waals surface area contributed by atoms with Gasteiger partial charge in [-0.15, -0.1) is 0 Å². The molecular weight excluding hydrogens is 190 g/mol. The van der Waals surface area contributed by atoms with Crippen molar-refractivity contribution in [3.8, 4) is 0 Å². The van der Waals surface area contributed by atoms with E-state index in [4.69, 9.17) is 4.74 Å². The predicted molar refractivity (Wildman–Crippen MR) is 62.8 cm³/mol. The molecule has 0 N–H and O–H groups in total. The van der Waals surface area contributed by atoms with Crippen molar-refractivity contribution in [1.29, 1.82) is 0 Å². The summed E-state index contributed by atoms with van der Waals surface area (Å²) >= 11 is 0. The van der Waals surface area contributed by atoms with Crippen LogP contribution in [0, 0.1) is 5.41 Å². The Kier molecular flexibility index (Phi) is 6.57. The lowest BCUT2D eigenvalue weighted by Gasteiger charge is -2.22. The fraction of sp³-hybridized carbons (Fsp3) is 0.917. The highest BCUT2D eigenvalue weighted by Gasteiger charge is 2.26. The summed E-state index contributed by atoms with van der Waals surface area (Å²) in [7, 11) is 0. The van der Waals surface area contributed by atoms with Crippen molar-refractivity contribution in [2.75, 3.05) is 26.2 Å². The number of ether oxygens (including phenoxy) is 1. The summed E-state index contributed by atoms with van der Waals surface area (Å²) < 4.78 is 5.25. The smallest absolute Gasteiger partial charge is 0.311 e. The summed E-state index contributed by atoms with van der Waals surface area (Å²) in [5.41, 5.74) is -0.344. The Labute approximate surface area is 93.8 Å². The number of likely N-dealkylation sites (N-methyl/N-ethyl adjacent to an activating group) is 1. The number of hydrogen-bond acceptors (Lipinski definition) is 3. The molecule has 3 nitrogen and oxygen atoms in total. The molecule has 3 heteroatoms. The van der Waals surface area contributed by atoms with Crippen molar-refractivity contribution in [3.63, 3.8) is 0 Å². The zero-order valence-electron chi connectivity index (χ0n) is 10.8. The van der Waals surface area contributed by atoms with Gasteiger partial charge in [0, 0.05) is 6.54 Å². The van der Waals surface area contributed by atoms with Crippen molar-refractivity contribution in [3.05, 3.63) is 0 Å².